The summed E-state index contributed by atoms with van der Waals surface area (Å²) in [6.07, 6.45) is 1.63. The maximum absolute atomic E-state index is 12.6. The van der Waals surface area contributed by atoms with Crippen molar-refractivity contribution in [3.8, 4) is 11.5 Å². The van der Waals surface area contributed by atoms with Crippen molar-refractivity contribution in [2.45, 2.75) is 12.8 Å². The minimum absolute atomic E-state index is 0.0629. The van der Waals surface area contributed by atoms with Crippen LogP contribution in [0.15, 0.2) is 54.6 Å². The maximum atomic E-state index is 12.6. The molecule has 26 heavy (non-hydrogen) atoms. The predicted octanol–water partition coefficient (Wildman–Crippen LogP) is 3.20. The third-order valence-corrected chi connectivity index (χ3v) is 4.62. The molecule has 0 unspecified atom stereocenters. The fourth-order valence-electron chi connectivity index (χ4n) is 3.22. The Morgan fingerprint density at radius 2 is 1.73 bits per heavy atom. The number of carbonyl (C=O) groups is 2. The van der Waals surface area contributed by atoms with E-state index < -0.39 is 0 Å². The molecule has 1 atom stereocenters. The van der Waals surface area contributed by atoms with E-state index in [1.165, 1.54) is 0 Å². The van der Waals surface area contributed by atoms with Crippen molar-refractivity contribution in [3.05, 3.63) is 60.2 Å². The van der Waals surface area contributed by atoms with E-state index >= 15 is 0 Å². The number of ether oxygens (including phenoxy) is 2. The normalized spacial score (nSPS) is 16.8. The summed E-state index contributed by atoms with van der Waals surface area (Å²) in [5, 5.41) is 0. The van der Waals surface area contributed by atoms with Crippen LogP contribution in [0.3, 0.4) is 0 Å². The van der Waals surface area contributed by atoms with Gasteiger partial charge in [-0.15, -0.1) is 0 Å². The lowest BCUT2D eigenvalue weighted by Gasteiger charge is -2.32. The van der Waals surface area contributed by atoms with Gasteiger partial charge in [-0.1, -0.05) is 42.5 Å². The SMILES string of the molecule is COc1ccccc1OCC(=O)N1CCC[C@@H](C(=O)c2ccccc2)C1. The zero-order valence-corrected chi connectivity index (χ0v) is 14.9. The molecule has 1 amide bonds. The molecule has 0 bridgehead atoms. The van der Waals surface area contributed by atoms with Gasteiger partial charge in [0.05, 0.1) is 7.11 Å². The number of Topliss-reactive ketones (excluding diaryl/α,β-unsaturated/α-hetero) is 1. The van der Waals surface area contributed by atoms with Gasteiger partial charge in [-0.25, -0.2) is 0 Å². The van der Waals surface area contributed by atoms with Crippen molar-refractivity contribution >= 4 is 11.7 Å². The third-order valence-electron chi connectivity index (χ3n) is 4.62. The molecular weight excluding hydrogens is 330 g/mol. The highest BCUT2D eigenvalue weighted by atomic mass is 16.5. The van der Waals surface area contributed by atoms with E-state index in [9.17, 15) is 9.59 Å². The zero-order chi connectivity index (χ0) is 18.4. The Labute approximate surface area is 153 Å². The van der Waals surface area contributed by atoms with Crippen LogP contribution < -0.4 is 9.47 Å². The van der Waals surface area contributed by atoms with Crippen molar-refractivity contribution in [2.24, 2.45) is 5.92 Å². The van der Waals surface area contributed by atoms with Crippen LogP contribution in [-0.4, -0.2) is 43.4 Å². The average Bonchev–Trinajstić information content (AvgIpc) is 2.72. The highest BCUT2D eigenvalue weighted by Crippen LogP contribution is 2.26. The molecule has 2 aromatic rings. The molecule has 5 heteroatoms. The van der Waals surface area contributed by atoms with Gasteiger partial charge in [0.25, 0.3) is 5.91 Å². The number of carbonyl (C=O) groups excluding carboxylic acids is 2. The topological polar surface area (TPSA) is 55.8 Å². The Morgan fingerprint density at radius 3 is 2.46 bits per heavy atom. The lowest BCUT2D eigenvalue weighted by atomic mass is 9.90. The Kier molecular flexibility index (Phi) is 5.89. The molecule has 0 aromatic heterocycles. The van der Waals surface area contributed by atoms with E-state index in [0.717, 1.165) is 12.8 Å². The van der Waals surface area contributed by atoms with Gasteiger partial charge in [-0.2, -0.15) is 0 Å². The number of nitrogens with zero attached hydrogens (tertiary/aromatic N) is 1. The first-order chi connectivity index (χ1) is 12.7. The second-order valence-electron chi connectivity index (χ2n) is 6.35. The van der Waals surface area contributed by atoms with Crippen LogP contribution in [0.4, 0.5) is 0 Å². The molecule has 1 heterocycles. The molecule has 1 fully saturated rings. The maximum Gasteiger partial charge on any atom is 0.260 e. The minimum Gasteiger partial charge on any atom is -0.493 e. The van der Waals surface area contributed by atoms with E-state index in [2.05, 4.69) is 0 Å². The number of piperidine rings is 1. The van der Waals surface area contributed by atoms with Crippen LogP contribution in [0.25, 0.3) is 0 Å². The van der Waals surface area contributed by atoms with Gasteiger partial charge in [-0.05, 0) is 25.0 Å². The highest BCUT2D eigenvalue weighted by molar-refractivity contribution is 5.98. The van der Waals surface area contributed by atoms with Gasteiger partial charge in [-0.3, -0.25) is 9.59 Å². The Hall–Kier alpha value is -2.82. The second kappa shape index (κ2) is 8.52. The fraction of sp³-hybridized carbons (Fsp3) is 0.333. The highest BCUT2D eigenvalue weighted by Gasteiger charge is 2.29. The van der Waals surface area contributed by atoms with Gasteiger partial charge in [0.1, 0.15) is 0 Å². The molecule has 5 nitrogen and oxygen atoms in total. The van der Waals surface area contributed by atoms with Crippen LogP contribution in [0.1, 0.15) is 23.2 Å². The number of methoxy groups -OCH3 is 1. The smallest absolute Gasteiger partial charge is 0.260 e. The van der Waals surface area contributed by atoms with Crippen molar-refractivity contribution in [1.29, 1.82) is 0 Å². The summed E-state index contributed by atoms with van der Waals surface area (Å²) in [5.41, 5.74) is 0.706. The Bertz CT molecular complexity index is 760. The first-order valence-corrected chi connectivity index (χ1v) is 8.82. The average molecular weight is 353 g/mol. The van der Waals surface area contributed by atoms with Gasteiger partial charge in [0, 0.05) is 24.6 Å². The lowest BCUT2D eigenvalue weighted by Crippen LogP contribution is -2.44. The standard InChI is InChI=1S/C21H23NO4/c1-25-18-11-5-6-12-19(18)26-15-20(23)22-13-7-10-17(14-22)21(24)16-8-3-2-4-9-16/h2-6,8-9,11-12,17H,7,10,13-15H2,1H3/t17-/m1/s1. The number of rotatable bonds is 6. The number of hydrogen-bond donors (Lipinski definition) is 0. The summed E-state index contributed by atoms with van der Waals surface area (Å²) in [6.45, 7) is 1.04. The largest absolute Gasteiger partial charge is 0.493 e. The number of likely N-dealkylation sites (tertiary alicyclic amines) is 1. The summed E-state index contributed by atoms with van der Waals surface area (Å²) < 4.78 is 10.8. The van der Waals surface area contributed by atoms with Crippen LogP contribution in [0, 0.1) is 5.92 Å². The van der Waals surface area contributed by atoms with Crippen LogP contribution >= 0.6 is 0 Å². The fourth-order valence-corrected chi connectivity index (χ4v) is 3.22. The van der Waals surface area contributed by atoms with E-state index in [1.54, 1.807) is 24.1 Å². The summed E-state index contributed by atoms with van der Waals surface area (Å²) in [6, 6.07) is 16.5. The molecule has 0 N–H and O–H groups in total. The molecule has 0 spiro atoms. The van der Waals surface area contributed by atoms with Gasteiger partial charge in [0.2, 0.25) is 0 Å². The molecule has 1 aliphatic rings. The van der Waals surface area contributed by atoms with Gasteiger partial charge >= 0.3 is 0 Å². The summed E-state index contributed by atoms with van der Waals surface area (Å²) in [5.74, 6) is 0.977. The van der Waals surface area contributed by atoms with Crippen LogP contribution in [0.2, 0.25) is 0 Å². The number of ketones is 1. The molecule has 3 rings (SSSR count). The first-order valence-electron chi connectivity index (χ1n) is 8.82. The van der Waals surface area contributed by atoms with E-state index in [4.69, 9.17) is 9.47 Å². The van der Waals surface area contributed by atoms with Crippen molar-refractivity contribution in [3.63, 3.8) is 0 Å². The van der Waals surface area contributed by atoms with Crippen LogP contribution in [0.5, 0.6) is 11.5 Å². The monoisotopic (exact) mass is 353 g/mol. The number of hydrogen-bond acceptors (Lipinski definition) is 4. The molecule has 0 radical (unpaired) electrons. The van der Waals surface area contributed by atoms with Crippen LogP contribution in [-0.2, 0) is 4.79 Å². The number of para-hydroxylation sites is 2. The zero-order valence-electron chi connectivity index (χ0n) is 14.9. The second-order valence-corrected chi connectivity index (χ2v) is 6.35. The predicted molar refractivity (Wildman–Crippen MR) is 98.6 cm³/mol. The Morgan fingerprint density at radius 1 is 1.04 bits per heavy atom. The third kappa shape index (κ3) is 4.23. The molecule has 2 aromatic carbocycles. The van der Waals surface area contributed by atoms with Crippen molar-refractivity contribution in [1.82, 2.24) is 4.90 Å². The Balaban J connectivity index is 1.58. The lowest BCUT2D eigenvalue weighted by molar-refractivity contribution is -0.134. The molecule has 0 aliphatic carbocycles. The summed E-state index contributed by atoms with van der Waals surface area (Å²) >= 11 is 0. The minimum atomic E-state index is -0.152. The van der Waals surface area contributed by atoms with Crippen molar-refractivity contribution in [2.75, 3.05) is 26.8 Å². The molecule has 1 aliphatic heterocycles. The molecule has 0 saturated carbocycles. The van der Waals surface area contributed by atoms with E-state index in [1.807, 2.05) is 42.5 Å². The van der Waals surface area contributed by atoms with Crippen molar-refractivity contribution < 1.29 is 19.1 Å². The first kappa shape index (κ1) is 18.0. The molecular formula is C21H23NO4. The van der Waals surface area contributed by atoms with E-state index in [0.29, 0.717) is 30.2 Å². The molecule has 136 valence electrons. The summed E-state index contributed by atoms with van der Waals surface area (Å²) in [7, 11) is 1.56. The van der Waals surface area contributed by atoms with Gasteiger partial charge in [0.15, 0.2) is 23.9 Å². The molecule has 1 saturated heterocycles. The number of amides is 1. The summed E-state index contributed by atoms with van der Waals surface area (Å²) in [4.78, 5) is 26.9. The van der Waals surface area contributed by atoms with E-state index in [-0.39, 0.29) is 24.2 Å². The quantitative estimate of drug-likeness (QED) is 0.749. The van der Waals surface area contributed by atoms with Gasteiger partial charge < -0.3 is 14.4 Å². The number of benzene rings is 2.